The first-order valence-corrected chi connectivity index (χ1v) is 5.85. The quantitative estimate of drug-likeness (QED) is 0.331. The van der Waals surface area contributed by atoms with Gasteiger partial charge >= 0.3 is 0 Å². The highest BCUT2D eigenvalue weighted by atomic mass is 16.3. The van der Waals surface area contributed by atoms with Crippen molar-refractivity contribution in [2.75, 3.05) is 0 Å². The van der Waals surface area contributed by atoms with E-state index >= 15 is 0 Å². The maximum Gasteiger partial charge on any atom is 0.271 e. The van der Waals surface area contributed by atoms with Gasteiger partial charge in [-0.1, -0.05) is 12.1 Å². The molecular formula is C14H12N2O5. The molecule has 2 aromatic rings. The molecule has 1 amide bonds. The van der Waals surface area contributed by atoms with E-state index in [-0.39, 0.29) is 11.3 Å². The van der Waals surface area contributed by atoms with Gasteiger partial charge in [-0.25, -0.2) is 5.43 Å². The number of benzene rings is 2. The van der Waals surface area contributed by atoms with Gasteiger partial charge in [0, 0.05) is 11.1 Å². The summed E-state index contributed by atoms with van der Waals surface area (Å²) in [6, 6.07) is 8.38. The number of para-hydroxylation sites is 1. The van der Waals surface area contributed by atoms with Crippen LogP contribution >= 0.6 is 0 Å². The Morgan fingerprint density at radius 2 is 1.62 bits per heavy atom. The number of carbonyl (C=O) groups is 1. The number of amides is 1. The molecule has 0 saturated heterocycles. The normalized spacial score (nSPS) is 10.7. The summed E-state index contributed by atoms with van der Waals surface area (Å²) in [5, 5.41) is 40.9. The Kier molecular flexibility index (Phi) is 3.94. The topological polar surface area (TPSA) is 122 Å². The summed E-state index contributed by atoms with van der Waals surface area (Å²) in [5.74, 6) is -2.64. The van der Waals surface area contributed by atoms with Crippen molar-refractivity contribution < 1.29 is 25.2 Å². The van der Waals surface area contributed by atoms with Crippen LogP contribution in [0.15, 0.2) is 41.5 Å². The van der Waals surface area contributed by atoms with E-state index in [2.05, 4.69) is 10.5 Å². The molecule has 0 aromatic heterocycles. The molecule has 21 heavy (non-hydrogen) atoms. The van der Waals surface area contributed by atoms with Crippen molar-refractivity contribution in [2.24, 2.45) is 5.10 Å². The van der Waals surface area contributed by atoms with Gasteiger partial charge in [0.05, 0.1) is 6.21 Å². The molecule has 2 rings (SSSR count). The lowest BCUT2D eigenvalue weighted by Crippen LogP contribution is -2.17. The zero-order valence-electron chi connectivity index (χ0n) is 10.7. The molecule has 0 aliphatic heterocycles. The van der Waals surface area contributed by atoms with Crippen LogP contribution in [0.4, 0.5) is 0 Å². The number of hydrazone groups is 1. The van der Waals surface area contributed by atoms with Gasteiger partial charge in [0.2, 0.25) is 0 Å². The molecule has 0 radical (unpaired) electrons. The predicted molar refractivity (Wildman–Crippen MR) is 74.6 cm³/mol. The van der Waals surface area contributed by atoms with Gasteiger partial charge in [-0.3, -0.25) is 4.79 Å². The van der Waals surface area contributed by atoms with Gasteiger partial charge in [-0.15, -0.1) is 0 Å². The van der Waals surface area contributed by atoms with Gasteiger partial charge in [0.25, 0.3) is 5.91 Å². The van der Waals surface area contributed by atoms with Crippen LogP contribution in [-0.4, -0.2) is 32.5 Å². The molecule has 5 N–H and O–H groups in total. The van der Waals surface area contributed by atoms with Crippen LogP contribution in [-0.2, 0) is 0 Å². The van der Waals surface area contributed by atoms with E-state index < -0.39 is 23.2 Å². The lowest BCUT2D eigenvalue weighted by molar-refractivity contribution is 0.0954. The van der Waals surface area contributed by atoms with Crippen LogP contribution < -0.4 is 5.43 Å². The summed E-state index contributed by atoms with van der Waals surface area (Å²) in [5.41, 5.74) is 2.49. The minimum absolute atomic E-state index is 0.00965. The minimum atomic E-state index is -0.704. The van der Waals surface area contributed by atoms with E-state index in [9.17, 15) is 25.2 Å². The van der Waals surface area contributed by atoms with Gasteiger partial charge in [0.1, 0.15) is 5.75 Å². The SMILES string of the molecule is O=C(N/N=C/c1ccccc1O)c1cc(O)c(O)c(O)c1. The zero-order valence-corrected chi connectivity index (χ0v) is 10.7. The number of carbonyl (C=O) groups excluding carboxylic acids is 1. The van der Waals surface area contributed by atoms with Crippen LogP contribution in [0.3, 0.4) is 0 Å². The smallest absolute Gasteiger partial charge is 0.271 e. The maximum atomic E-state index is 11.7. The van der Waals surface area contributed by atoms with Crippen molar-refractivity contribution >= 4 is 12.1 Å². The van der Waals surface area contributed by atoms with E-state index in [4.69, 9.17) is 0 Å². The van der Waals surface area contributed by atoms with E-state index in [0.29, 0.717) is 5.56 Å². The Morgan fingerprint density at radius 3 is 2.24 bits per heavy atom. The molecule has 0 atom stereocenters. The number of rotatable bonds is 3. The standard InChI is InChI=1S/C14H12N2O5/c17-10-4-2-1-3-8(10)7-15-16-14(21)9-5-11(18)13(20)12(19)6-9/h1-7,17-20H,(H,16,21)/b15-7+. The summed E-state index contributed by atoms with van der Waals surface area (Å²) in [4.78, 5) is 11.7. The van der Waals surface area contributed by atoms with Crippen LogP contribution in [0.25, 0.3) is 0 Å². The number of hydrogen-bond donors (Lipinski definition) is 5. The molecule has 0 spiro atoms. The second-order valence-electron chi connectivity index (χ2n) is 4.12. The van der Waals surface area contributed by atoms with Crippen molar-refractivity contribution in [2.45, 2.75) is 0 Å². The Morgan fingerprint density at radius 1 is 1.00 bits per heavy atom. The third kappa shape index (κ3) is 3.21. The molecule has 0 bridgehead atoms. The van der Waals surface area contributed by atoms with Crippen LogP contribution in [0, 0.1) is 0 Å². The molecule has 2 aromatic carbocycles. The van der Waals surface area contributed by atoms with Crippen LogP contribution in [0.2, 0.25) is 0 Å². The van der Waals surface area contributed by atoms with Crippen molar-refractivity contribution in [3.8, 4) is 23.0 Å². The summed E-state index contributed by atoms with van der Waals surface area (Å²) >= 11 is 0. The van der Waals surface area contributed by atoms with Gasteiger partial charge in [-0.05, 0) is 24.3 Å². The average Bonchev–Trinajstić information content (AvgIpc) is 2.46. The van der Waals surface area contributed by atoms with Gasteiger partial charge in [0.15, 0.2) is 17.2 Å². The molecule has 108 valence electrons. The van der Waals surface area contributed by atoms with E-state index in [1.54, 1.807) is 18.2 Å². The van der Waals surface area contributed by atoms with Crippen molar-refractivity contribution in [3.05, 3.63) is 47.5 Å². The third-order valence-electron chi connectivity index (χ3n) is 2.64. The number of phenols is 4. The fraction of sp³-hybridized carbons (Fsp3) is 0. The fourth-order valence-corrected chi connectivity index (χ4v) is 1.56. The van der Waals surface area contributed by atoms with Crippen LogP contribution in [0.1, 0.15) is 15.9 Å². The van der Waals surface area contributed by atoms with E-state index in [1.165, 1.54) is 12.3 Å². The molecule has 0 saturated carbocycles. The largest absolute Gasteiger partial charge is 0.507 e. The first-order valence-electron chi connectivity index (χ1n) is 5.85. The molecular weight excluding hydrogens is 276 g/mol. The van der Waals surface area contributed by atoms with Crippen molar-refractivity contribution in [3.63, 3.8) is 0 Å². The van der Waals surface area contributed by atoms with Crippen molar-refractivity contribution in [1.29, 1.82) is 0 Å². The van der Waals surface area contributed by atoms with Crippen molar-refractivity contribution in [1.82, 2.24) is 5.43 Å². The van der Waals surface area contributed by atoms with E-state index in [0.717, 1.165) is 12.1 Å². The monoisotopic (exact) mass is 288 g/mol. The average molecular weight is 288 g/mol. The summed E-state index contributed by atoms with van der Waals surface area (Å²) in [7, 11) is 0. The molecule has 7 nitrogen and oxygen atoms in total. The maximum absolute atomic E-state index is 11.7. The number of aromatic hydroxyl groups is 4. The molecule has 7 heteroatoms. The summed E-state index contributed by atoms with van der Waals surface area (Å²) < 4.78 is 0. The Hall–Kier alpha value is -3.22. The Labute approximate surface area is 119 Å². The lowest BCUT2D eigenvalue weighted by atomic mass is 10.2. The Bertz CT molecular complexity index is 689. The molecule has 0 aliphatic rings. The summed E-state index contributed by atoms with van der Waals surface area (Å²) in [6.45, 7) is 0. The number of phenolic OH excluding ortho intramolecular Hbond substituents is 4. The molecule has 0 heterocycles. The second-order valence-corrected chi connectivity index (χ2v) is 4.12. The van der Waals surface area contributed by atoms with E-state index in [1.807, 2.05) is 0 Å². The van der Waals surface area contributed by atoms with Gasteiger partial charge in [-0.2, -0.15) is 5.10 Å². The lowest BCUT2D eigenvalue weighted by Gasteiger charge is -2.04. The predicted octanol–water partition coefficient (Wildman–Crippen LogP) is 1.27. The zero-order chi connectivity index (χ0) is 15.4. The van der Waals surface area contributed by atoms with Gasteiger partial charge < -0.3 is 20.4 Å². The molecule has 0 aliphatic carbocycles. The first kappa shape index (κ1) is 14.2. The highest BCUT2D eigenvalue weighted by molar-refractivity contribution is 5.96. The molecule has 0 fully saturated rings. The molecule has 0 unspecified atom stereocenters. The number of nitrogens with one attached hydrogen (secondary N) is 1. The number of hydrogen-bond acceptors (Lipinski definition) is 6. The van der Waals surface area contributed by atoms with Crippen LogP contribution in [0.5, 0.6) is 23.0 Å². The highest BCUT2D eigenvalue weighted by Crippen LogP contribution is 2.35. The fourth-order valence-electron chi connectivity index (χ4n) is 1.56. The first-order chi connectivity index (χ1) is 9.99. The highest BCUT2D eigenvalue weighted by Gasteiger charge is 2.12. The second kappa shape index (κ2) is 5.83. The number of nitrogens with zero attached hydrogens (tertiary/aromatic N) is 1. The third-order valence-corrected chi connectivity index (χ3v) is 2.64. The minimum Gasteiger partial charge on any atom is -0.507 e. The summed E-state index contributed by atoms with van der Waals surface area (Å²) in [6.07, 6.45) is 1.24. The Balaban J connectivity index is 2.11.